The maximum atomic E-state index is 12.0. The van der Waals surface area contributed by atoms with Gasteiger partial charge in [-0.2, -0.15) is 0 Å². The number of carboxylic acids is 1. The van der Waals surface area contributed by atoms with Crippen LogP contribution in [0.5, 0.6) is 0 Å². The second-order valence-electron chi connectivity index (χ2n) is 5.75. The number of benzene rings is 1. The molecule has 110 valence electrons. The Balaban J connectivity index is 2.55. The molecule has 0 spiro atoms. The number of aryl methyl sites for hydroxylation is 3. The molecule has 1 fully saturated rings. The van der Waals surface area contributed by atoms with Gasteiger partial charge in [-0.25, -0.2) is 4.79 Å². The third-order valence-electron chi connectivity index (χ3n) is 4.22. The minimum absolute atomic E-state index is 0.590. The Kier molecular flexibility index (Phi) is 4.16. The van der Waals surface area contributed by atoms with Crippen LogP contribution >= 0.6 is 0 Å². The lowest BCUT2D eigenvalue weighted by Crippen LogP contribution is -2.54. The highest BCUT2D eigenvalue weighted by Gasteiger charge is 2.43. The van der Waals surface area contributed by atoms with Gasteiger partial charge in [-0.15, -0.1) is 0 Å². The van der Waals surface area contributed by atoms with E-state index in [1.807, 2.05) is 32.6 Å². The van der Waals surface area contributed by atoms with Crippen molar-refractivity contribution in [3.8, 4) is 0 Å². The molecule has 1 atom stereocenters. The Bertz CT molecular complexity index is 497. The SMILES string of the molecule is Cc1cc(C)c(C(C)(C(=O)O)N2CCOCC2)c(C)c1. The van der Waals surface area contributed by atoms with Crippen LogP contribution in [0.4, 0.5) is 0 Å². The fraction of sp³-hybridized carbons (Fsp3) is 0.562. The molecule has 0 aromatic heterocycles. The van der Waals surface area contributed by atoms with E-state index in [9.17, 15) is 9.90 Å². The molecule has 0 radical (unpaired) electrons. The lowest BCUT2D eigenvalue weighted by Gasteiger charge is -2.42. The second-order valence-corrected chi connectivity index (χ2v) is 5.75. The van der Waals surface area contributed by atoms with Crippen LogP contribution in [0.1, 0.15) is 29.2 Å². The van der Waals surface area contributed by atoms with Gasteiger partial charge in [0.15, 0.2) is 0 Å². The zero-order valence-electron chi connectivity index (χ0n) is 12.7. The summed E-state index contributed by atoms with van der Waals surface area (Å²) in [5, 5.41) is 9.87. The van der Waals surface area contributed by atoms with Gasteiger partial charge in [-0.1, -0.05) is 17.7 Å². The largest absolute Gasteiger partial charge is 0.480 e. The van der Waals surface area contributed by atoms with Crippen molar-refractivity contribution < 1.29 is 14.6 Å². The number of morpholine rings is 1. The molecular formula is C16H23NO3. The predicted octanol–water partition coefficient (Wildman–Crippen LogP) is 2.24. The first-order valence-corrected chi connectivity index (χ1v) is 7.02. The molecule has 2 rings (SSSR count). The van der Waals surface area contributed by atoms with Crippen molar-refractivity contribution in [2.75, 3.05) is 26.3 Å². The Hall–Kier alpha value is -1.39. The molecule has 0 bridgehead atoms. The molecule has 0 saturated carbocycles. The molecule has 1 unspecified atom stereocenters. The molecule has 1 N–H and O–H groups in total. The third-order valence-corrected chi connectivity index (χ3v) is 4.22. The molecular weight excluding hydrogens is 254 g/mol. The van der Waals surface area contributed by atoms with E-state index < -0.39 is 11.5 Å². The van der Waals surface area contributed by atoms with Crippen LogP contribution < -0.4 is 0 Å². The standard InChI is InChI=1S/C16H23NO3/c1-11-9-12(2)14(13(3)10-11)16(4,15(18)19)17-5-7-20-8-6-17/h9-10H,5-8H2,1-4H3,(H,18,19). The normalized spacial score (nSPS) is 19.6. The topological polar surface area (TPSA) is 49.8 Å². The lowest BCUT2D eigenvalue weighted by molar-refractivity contribution is -0.154. The van der Waals surface area contributed by atoms with Gasteiger partial charge in [-0.3, -0.25) is 4.90 Å². The molecule has 4 heteroatoms. The van der Waals surface area contributed by atoms with Crippen LogP contribution in [0, 0.1) is 20.8 Å². The summed E-state index contributed by atoms with van der Waals surface area (Å²) in [6, 6.07) is 4.12. The van der Waals surface area contributed by atoms with Crippen LogP contribution in [0.15, 0.2) is 12.1 Å². The summed E-state index contributed by atoms with van der Waals surface area (Å²) in [5.41, 5.74) is 3.17. The molecule has 1 aliphatic rings. The average Bonchev–Trinajstić information content (AvgIpc) is 2.38. The molecule has 4 nitrogen and oxygen atoms in total. The molecule has 0 aliphatic carbocycles. The Labute approximate surface area is 120 Å². The fourth-order valence-corrected chi connectivity index (χ4v) is 3.36. The summed E-state index contributed by atoms with van der Waals surface area (Å²) in [6.07, 6.45) is 0. The minimum Gasteiger partial charge on any atom is -0.480 e. The second kappa shape index (κ2) is 5.54. The van der Waals surface area contributed by atoms with Gasteiger partial charge in [0.2, 0.25) is 0 Å². The number of aliphatic carboxylic acids is 1. The average molecular weight is 277 g/mol. The van der Waals surface area contributed by atoms with E-state index in [0.717, 1.165) is 16.7 Å². The van der Waals surface area contributed by atoms with E-state index in [1.165, 1.54) is 5.56 Å². The maximum Gasteiger partial charge on any atom is 0.328 e. The highest BCUT2D eigenvalue weighted by atomic mass is 16.5. The van der Waals surface area contributed by atoms with E-state index in [0.29, 0.717) is 26.3 Å². The molecule has 20 heavy (non-hydrogen) atoms. The summed E-state index contributed by atoms with van der Waals surface area (Å²) < 4.78 is 5.36. The van der Waals surface area contributed by atoms with E-state index in [-0.39, 0.29) is 0 Å². The number of hydrogen-bond acceptors (Lipinski definition) is 3. The van der Waals surface area contributed by atoms with Crippen molar-refractivity contribution in [1.29, 1.82) is 0 Å². The Morgan fingerprint density at radius 1 is 1.20 bits per heavy atom. The quantitative estimate of drug-likeness (QED) is 0.920. The first-order chi connectivity index (χ1) is 9.37. The van der Waals surface area contributed by atoms with Crippen molar-refractivity contribution >= 4 is 5.97 Å². The highest BCUT2D eigenvalue weighted by molar-refractivity contribution is 5.81. The predicted molar refractivity (Wildman–Crippen MR) is 78.0 cm³/mol. The monoisotopic (exact) mass is 277 g/mol. The molecule has 1 saturated heterocycles. The number of ether oxygens (including phenoxy) is 1. The molecule has 1 heterocycles. The van der Waals surface area contributed by atoms with Crippen molar-refractivity contribution in [2.24, 2.45) is 0 Å². The lowest BCUT2D eigenvalue weighted by atomic mass is 9.82. The minimum atomic E-state index is -0.994. The van der Waals surface area contributed by atoms with Crippen molar-refractivity contribution in [3.63, 3.8) is 0 Å². The van der Waals surface area contributed by atoms with Crippen LogP contribution in [-0.2, 0) is 15.1 Å². The Morgan fingerprint density at radius 3 is 2.15 bits per heavy atom. The number of hydrogen-bond donors (Lipinski definition) is 1. The van der Waals surface area contributed by atoms with Crippen molar-refractivity contribution in [2.45, 2.75) is 33.2 Å². The van der Waals surface area contributed by atoms with Gasteiger partial charge in [0.1, 0.15) is 5.54 Å². The van der Waals surface area contributed by atoms with Crippen LogP contribution in [0.2, 0.25) is 0 Å². The number of nitrogens with zero attached hydrogens (tertiary/aromatic N) is 1. The summed E-state index contributed by atoms with van der Waals surface area (Å²) in [5.74, 6) is -0.797. The number of rotatable bonds is 3. The smallest absolute Gasteiger partial charge is 0.328 e. The van der Waals surface area contributed by atoms with Gasteiger partial charge >= 0.3 is 5.97 Å². The first kappa shape index (κ1) is 15.0. The highest BCUT2D eigenvalue weighted by Crippen LogP contribution is 2.34. The fourth-order valence-electron chi connectivity index (χ4n) is 3.36. The molecule has 1 aliphatic heterocycles. The van der Waals surface area contributed by atoms with Gasteiger partial charge in [0, 0.05) is 13.1 Å². The summed E-state index contributed by atoms with van der Waals surface area (Å²) >= 11 is 0. The van der Waals surface area contributed by atoms with Gasteiger partial charge in [0.05, 0.1) is 13.2 Å². The molecule has 0 amide bonds. The van der Waals surface area contributed by atoms with E-state index >= 15 is 0 Å². The number of carbonyl (C=O) groups is 1. The van der Waals surface area contributed by atoms with E-state index in [4.69, 9.17) is 4.74 Å². The van der Waals surface area contributed by atoms with Crippen molar-refractivity contribution in [3.05, 3.63) is 34.4 Å². The Morgan fingerprint density at radius 2 is 1.70 bits per heavy atom. The van der Waals surface area contributed by atoms with Gasteiger partial charge in [0.25, 0.3) is 0 Å². The van der Waals surface area contributed by atoms with Crippen LogP contribution in [0.25, 0.3) is 0 Å². The van der Waals surface area contributed by atoms with Crippen LogP contribution in [0.3, 0.4) is 0 Å². The summed E-state index contributed by atoms with van der Waals surface area (Å²) in [6.45, 7) is 10.3. The molecule has 1 aromatic rings. The zero-order valence-corrected chi connectivity index (χ0v) is 12.7. The van der Waals surface area contributed by atoms with Crippen LogP contribution in [-0.4, -0.2) is 42.3 Å². The third kappa shape index (κ3) is 2.45. The summed E-state index contributed by atoms with van der Waals surface area (Å²) in [7, 11) is 0. The van der Waals surface area contributed by atoms with Crippen molar-refractivity contribution in [1.82, 2.24) is 4.90 Å². The zero-order chi connectivity index (χ0) is 14.9. The van der Waals surface area contributed by atoms with E-state index in [1.54, 1.807) is 0 Å². The first-order valence-electron chi connectivity index (χ1n) is 7.02. The van der Waals surface area contributed by atoms with E-state index in [2.05, 4.69) is 12.1 Å². The molecule has 1 aromatic carbocycles. The number of carboxylic acid groups (broad SMARTS) is 1. The van der Waals surface area contributed by atoms with Gasteiger partial charge in [-0.05, 0) is 44.4 Å². The van der Waals surface area contributed by atoms with Gasteiger partial charge < -0.3 is 9.84 Å². The maximum absolute atomic E-state index is 12.0. The summed E-state index contributed by atoms with van der Waals surface area (Å²) in [4.78, 5) is 14.0.